The van der Waals surface area contributed by atoms with Gasteiger partial charge in [-0.1, -0.05) is 47.1 Å². The molecular formula is C43H64O12. The van der Waals surface area contributed by atoms with E-state index in [2.05, 4.69) is 41.5 Å². The van der Waals surface area contributed by atoms with Gasteiger partial charge in [-0.25, -0.2) is 0 Å². The quantitative estimate of drug-likeness (QED) is 0.182. The Morgan fingerprint density at radius 3 is 2.00 bits per heavy atom. The molecule has 1 aliphatic heterocycles. The zero-order valence-electron chi connectivity index (χ0n) is 34.8. The van der Waals surface area contributed by atoms with E-state index in [-0.39, 0.29) is 51.2 Å². The molecular weight excluding hydrogens is 708 g/mol. The first kappa shape index (κ1) is 41.8. The summed E-state index contributed by atoms with van der Waals surface area (Å²) in [6.07, 6.45) is 2.85. The van der Waals surface area contributed by atoms with E-state index in [9.17, 15) is 29.1 Å². The summed E-state index contributed by atoms with van der Waals surface area (Å²) in [6, 6.07) is 0. The van der Waals surface area contributed by atoms with Crippen molar-refractivity contribution in [2.24, 2.45) is 50.2 Å². The van der Waals surface area contributed by atoms with E-state index in [0.717, 1.165) is 38.5 Å². The molecule has 14 atom stereocenters. The van der Waals surface area contributed by atoms with Gasteiger partial charge in [0.2, 0.25) is 0 Å². The molecule has 12 heteroatoms. The molecule has 6 rings (SSSR count). The van der Waals surface area contributed by atoms with E-state index in [4.69, 9.17) is 28.4 Å². The maximum atomic E-state index is 14.9. The number of methoxy groups -OCH3 is 1. The van der Waals surface area contributed by atoms with Gasteiger partial charge in [-0.15, -0.1) is 0 Å². The van der Waals surface area contributed by atoms with Crippen molar-refractivity contribution >= 4 is 29.7 Å². The first-order chi connectivity index (χ1) is 25.5. The van der Waals surface area contributed by atoms with Gasteiger partial charge in [-0.3, -0.25) is 24.0 Å². The van der Waals surface area contributed by atoms with E-state index in [1.54, 1.807) is 0 Å². The van der Waals surface area contributed by atoms with Gasteiger partial charge in [0.05, 0.1) is 25.2 Å². The topological polar surface area (TPSA) is 161 Å². The Morgan fingerprint density at radius 1 is 0.800 bits per heavy atom. The number of hydrogen-bond donors (Lipinski definition) is 1. The lowest BCUT2D eigenvalue weighted by Crippen LogP contribution is -2.67. The minimum Gasteiger partial charge on any atom is -0.469 e. The summed E-state index contributed by atoms with van der Waals surface area (Å²) in [7, 11) is 1.47. The van der Waals surface area contributed by atoms with Crippen molar-refractivity contribution in [2.45, 2.75) is 164 Å². The summed E-state index contributed by atoms with van der Waals surface area (Å²) in [4.78, 5) is 64.8. The first-order valence-corrected chi connectivity index (χ1v) is 20.3. The van der Waals surface area contributed by atoms with Crippen LogP contribution in [0, 0.1) is 50.2 Å². The van der Waals surface area contributed by atoms with E-state index in [1.165, 1.54) is 33.5 Å². The highest BCUT2D eigenvalue weighted by Gasteiger charge is 2.71. The van der Waals surface area contributed by atoms with Crippen LogP contribution in [0.3, 0.4) is 0 Å². The third kappa shape index (κ3) is 6.58. The van der Waals surface area contributed by atoms with Crippen LogP contribution in [0.1, 0.15) is 127 Å². The van der Waals surface area contributed by atoms with Gasteiger partial charge in [0, 0.05) is 26.7 Å². The Bertz CT molecular complexity index is 1620. The molecule has 0 amide bonds. The third-order valence-corrected chi connectivity index (χ3v) is 16.2. The van der Waals surface area contributed by atoms with Gasteiger partial charge in [0.15, 0.2) is 30.4 Å². The molecule has 55 heavy (non-hydrogen) atoms. The van der Waals surface area contributed by atoms with Crippen LogP contribution in [0.5, 0.6) is 0 Å². The normalized spacial score (nSPS) is 46.0. The zero-order valence-corrected chi connectivity index (χ0v) is 34.8. The van der Waals surface area contributed by atoms with Crippen molar-refractivity contribution in [1.29, 1.82) is 0 Å². The standard InChI is InChI=1S/C43H64O12/c1-23(45)51-32-29(22-44)54-36(34(53-25(3)47)33(32)52-24(2)46)55-31-13-14-41(8)30(38(31,4)5)12-15-43(10)35(41)28(48)20-26-27-21-40(7,37(49)50-11)17-16-39(27,6)18-19-42(26,43)9/h20,27,29-36,44H,12-19,21-22H2,1-11H3/t27-,29-,30+,31+,32-,33+,34-,35-,36+,39-,40+,41+,42-,43-/m1/s1. The number of carbonyl (C=O) groups is 5. The average Bonchev–Trinajstić information content (AvgIpc) is 3.08. The highest BCUT2D eigenvalue weighted by Crippen LogP contribution is 2.75. The summed E-state index contributed by atoms with van der Waals surface area (Å²) in [6.45, 7) is 18.8. The lowest BCUT2D eigenvalue weighted by Gasteiger charge is -2.70. The van der Waals surface area contributed by atoms with Crippen molar-refractivity contribution in [2.75, 3.05) is 13.7 Å². The van der Waals surface area contributed by atoms with Crippen molar-refractivity contribution < 1.29 is 57.5 Å². The number of rotatable bonds is 7. The Balaban J connectivity index is 1.31. The lowest BCUT2D eigenvalue weighted by atomic mass is 9.33. The molecule has 0 unspecified atom stereocenters. The molecule has 5 fully saturated rings. The van der Waals surface area contributed by atoms with E-state index in [0.29, 0.717) is 19.3 Å². The fourth-order valence-corrected chi connectivity index (χ4v) is 13.1. The summed E-state index contributed by atoms with van der Waals surface area (Å²) < 4.78 is 35.0. The maximum absolute atomic E-state index is 14.9. The van der Waals surface area contributed by atoms with Crippen LogP contribution in [0.4, 0.5) is 0 Å². The summed E-state index contributed by atoms with van der Waals surface area (Å²) in [5.41, 5.74) is -0.689. The number of esters is 4. The summed E-state index contributed by atoms with van der Waals surface area (Å²) in [5.74, 6) is -2.05. The lowest BCUT2D eigenvalue weighted by molar-refractivity contribution is -0.332. The van der Waals surface area contributed by atoms with Crippen LogP contribution in [0.15, 0.2) is 11.6 Å². The van der Waals surface area contributed by atoms with Crippen LogP contribution in [-0.2, 0) is 52.4 Å². The molecule has 0 spiro atoms. The van der Waals surface area contributed by atoms with Crippen LogP contribution >= 0.6 is 0 Å². The molecule has 1 saturated heterocycles. The highest BCUT2D eigenvalue weighted by molar-refractivity contribution is 5.95. The molecule has 6 aliphatic rings. The third-order valence-electron chi connectivity index (χ3n) is 16.2. The van der Waals surface area contributed by atoms with Gasteiger partial charge < -0.3 is 33.5 Å². The van der Waals surface area contributed by atoms with Crippen LogP contribution in [-0.4, -0.2) is 85.3 Å². The predicted octanol–water partition coefficient (Wildman–Crippen LogP) is 6.04. The number of fused-ring (bicyclic) bond motifs is 7. The molecule has 1 heterocycles. The average molecular weight is 773 g/mol. The predicted molar refractivity (Wildman–Crippen MR) is 199 cm³/mol. The number of allylic oxidation sites excluding steroid dienone is 2. The van der Waals surface area contributed by atoms with Gasteiger partial charge in [-0.05, 0) is 110 Å². The molecule has 0 bridgehead atoms. The summed E-state index contributed by atoms with van der Waals surface area (Å²) >= 11 is 0. The van der Waals surface area contributed by atoms with Gasteiger partial charge in [-0.2, -0.15) is 0 Å². The smallest absolute Gasteiger partial charge is 0.311 e. The molecule has 0 aromatic rings. The minimum atomic E-state index is -1.29. The second-order valence-corrected chi connectivity index (χ2v) is 19.7. The number of hydrogen-bond acceptors (Lipinski definition) is 12. The molecule has 308 valence electrons. The van der Waals surface area contributed by atoms with Crippen molar-refractivity contribution in [3.8, 4) is 0 Å². The number of aliphatic hydroxyl groups excluding tert-OH is 1. The largest absolute Gasteiger partial charge is 0.469 e. The number of carbonyl (C=O) groups excluding carboxylic acids is 5. The molecule has 1 N–H and O–H groups in total. The summed E-state index contributed by atoms with van der Waals surface area (Å²) in [5, 5.41) is 10.3. The van der Waals surface area contributed by atoms with Crippen molar-refractivity contribution in [3.63, 3.8) is 0 Å². The van der Waals surface area contributed by atoms with E-state index >= 15 is 0 Å². The van der Waals surface area contributed by atoms with Crippen LogP contribution < -0.4 is 0 Å². The van der Waals surface area contributed by atoms with Crippen molar-refractivity contribution in [1.82, 2.24) is 0 Å². The van der Waals surface area contributed by atoms with Crippen LogP contribution in [0.2, 0.25) is 0 Å². The second kappa shape index (κ2) is 14.2. The van der Waals surface area contributed by atoms with E-state index in [1.807, 2.05) is 13.0 Å². The molecule has 4 saturated carbocycles. The minimum absolute atomic E-state index is 0.0215. The zero-order chi connectivity index (χ0) is 40.7. The Labute approximate surface area is 326 Å². The Kier molecular flexibility index (Phi) is 10.8. The Hall–Kier alpha value is -2.83. The fraction of sp³-hybridized carbons (Fsp3) is 0.837. The number of ketones is 1. The van der Waals surface area contributed by atoms with Crippen LogP contribution in [0.25, 0.3) is 0 Å². The van der Waals surface area contributed by atoms with Gasteiger partial charge in [0.1, 0.15) is 6.10 Å². The van der Waals surface area contributed by atoms with E-state index < -0.39 is 72.2 Å². The SMILES string of the molecule is COC(=O)[C@@]1(C)CC[C@]2(C)CC[C@]3(C)C(=CC(=O)[C@@H]4[C@@]5(C)CC[C@H](O[C@@H]6O[C@H](CO)[C@@H](OC(C)=O)[C@H](OC(C)=O)[C@H]6OC(C)=O)C(C)(C)[C@@H]5CC[C@]43C)[C@H]2C1. The first-order valence-electron chi connectivity index (χ1n) is 20.3. The monoisotopic (exact) mass is 772 g/mol. The Morgan fingerprint density at radius 2 is 1.40 bits per heavy atom. The molecule has 12 nitrogen and oxygen atoms in total. The molecule has 0 radical (unpaired) electrons. The fourth-order valence-electron chi connectivity index (χ4n) is 13.1. The molecule has 0 aromatic heterocycles. The van der Waals surface area contributed by atoms with Gasteiger partial charge >= 0.3 is 23.9 Å². The molecule has 5 aliphatic carbocycles. The maximum Gasteiger partial charge on any atom is 0.311 e. The number of ether oxygens (including phenoxy) is 6. The highest BCUT2D eigenvalue weighted by atomic mass is 16.7. The van der Waals surface area contributed by atoms with Crippen molar-refractivity contribution in [3.05, 3.63) is 11.6 Å². The van der Waals surface area contributed by atoms with Gasteiger partial charge in [0.25, 0.3) is 0 Å². The molecule has 0 aromatic carbocycles. The second-order valence-electron chi connectivity index (χ2n) is 19.7. The number of aliphatic hydroxyl groups is 1.